The number of esters is 1. The number of rotatable bonds is 9. The minimum absolute atomic E-state index is 0.0543. The van der Waals surface area contributed by atoms with Crippen LogP contribution in [-0.2, 0) is 23.4 Å². The third-order valence-corrected chi connectivity index (χ3v) is 8.44. The third-order valence-electron chi connectivity index (χ3n) is 6.78. The zero-order valence-electron chi connectivity index (χ0n) is 21.8. The van der Waals surface area contributed by atoms with Crippen LogP contribution in [-0.4, -0.2) is 81.3 Å². The van der Waals surface area contributed by atoms with E-state index in [0.29, 0.717) is 11.3 Å². The molecule has 1 aliphatic carbocycles. The number of halogens is 1. The van der Waals surface area contributed by atoms with Crippen molar-refractivity contribution < 1.29 is 37.4 Å². The number of para-hydroxylation sites is 1. The number of benzene rings is 1. The minimum atomic E-state index is -4.37. The number of methoxy groups -OCH3 is 1. The predicted molar refractivity (Wildman–Crippen MR) is 137 cm³/mol. The van der Waals surface area contributed by atoms with Crippen molar-refractivity contribution in [3.05, 3.63) is 36.7 Å². The molecule has 14 nitrogen and oxygen atoms in total. The molecule has 0 bridgehead atoms. The fourth-order valence-electron chi connectivity index (χ4n) is 4.69. The first-order valence-electron chi connectivity index (χ1n) is 11.9. The molecule has 1 aliphatic heterocycles. The van der Waals surface area contributed by atoms with Crippen molar-refractivity contribution in [3.8, 4) is 5.75 Å². The van der Waals surface area contributed by atoms with Crippen LogP contribution in [0.15, 0.2) is 36.7 Å². The fourth-order valence-corrected chi connectivity index (χ4v) is 6.39. The van der Waals surface area contributed by atoms with E-state index in [-0.39, 0.29) is 17.3 Å². The lowest BCUT2D eigenvalue weighted by Crippen LogP contribution is -2.45. The van der Waals surface area contributed by atoms with E-state index < -0.39 is 49.5 Å². The Morgan fingerprint density at radius 3 is 2.62 bits per heavy atom. The number of nitrogens with zero attached hydrogens (tertiary/aromatic N) is 5. The first-order valence-corrected chi connectivity index (χ1v) is 13.5. The first kappa shape index (κ1) is 27.2. The number of anilines is 2. The van der Waals surface area contributed by atoms with Crippen molar-refractivity contribution in [2.45, 2.75) is 49.6 Å². The molecule has 0 amide bonds. The van der Waals surface area contributed by atoms with E-state index >= 15 is 4.39 Å². The highest BCUT2D eigenvalue weighted by molar-refractivity contribution is 7.52. The summed E-state index contributed by atoms with van der Waals surface area (Å²) in [6.45, 7) is 2.53. The van der Waals surface area contributed by atoms with E-state index in [4.69, 9.17) is 19.5 Å². The van der Waals surface area contributed by atoms with Gasteiger partial charge in [-0.3, -0.25) is 13.9 Å². The Hall–Kier alpha value is -3.36. The second kappa shape index (κ2) is 9.38. The minimum Gasteiger partial charge on any atom is -0.468 e. The summed E-state index contributed by atoms with van der Waals surface area (Å²) in [6, 6.07) is 6.93. The van der Waals surface area contributed by atoms with E-state index in [0.717, 1.165) is 6.92 Å². The number of imidazole rings is 1. The van der Waals surface area contributed by atoms with Crippen LogP contribution in [0.2, 0.25) is 0 Å². The number of carbonyl (C=O) groups excluding carboxylic acids is 1. The van der Waals surface area contributed by atoms with Gasteiger partial charge < -0.3 is 29.7 Å². The summed E-state index contributed by atoms with van der Waals surface area (Å²) in [4.78, 5) is 26.3. The Labute approximate surface area is 222 Å². The lowest BCUT2D eigenvalue weighted by Gasteiger charge is -2.31. The fraction of sp³-hybridized carbons (Fsp3) is 0.478. The third kappa shape index (κ3) is 4.39. The van der Waals surface area contributed by atoms with E-state index in [1.807, 2.05) is 0 Å². The standard InChI is InChI=1S/C23H29FN7O7P/c1-12(19(32)35-5)29-39(34,37-13-9-7-6-8-10-13)38-16-15-23(16,33)22(2,24)20(36-15)31-11-26-14-17(30(3)4)27-21(25)28-18(14)31/h6-12,15-16,20,33H,1-5H3,(H,29,34)(H2,25,27,28)/t12-,15+,16?,20+,22-,23-,39-/m0/s1. The molecule has 210 valence electrons. The van der Waals surface area contributed by atoms with Gasteiger partial charge in [-0.1, -0.05) is 18.2 Å². The highest BCUT2D eigenvalue weighted by atomic mass is 31.2. The number of fused-ring (bicyclic) bond motifs is 2. The maximum atomic E-state index is 16.4. The molecule has 1 aromatic carbocycles. The number of hydrogen-bond donors (Lipinski definition) is 3. The summed E-state index contributed by atoms with van der Waals surface area (Å²) in [5, 5.41) is 13.9. The molecule has 3 aromatic rings. The predicted octanol–water partition coefficient (Wildman–Crippen LogP) is 1.57. The van der Waals surface area contributed by atoms with Gasteiger partial charge in [0.1, 0.15) is 24.0 Å². The van der Waals surface area contributed by atoms with Crippen LogP contribution in [0, 0.1) is 0 Å². The Morgan fingerprint density at radius 1 is 1.33 bits per heavy atom. The molecule has 2 aliphatic rings. The number of alkyl halides is 1. The van der Waals surface area contributed by atoms with Gasteiger partial charge in [-0.25, -0.2) is 13.9 Å². The Morgan fingerprint density at radius 2 is 2.03 bits per heavy atom. The smallest absolute Gasteiger partial charge is 0.459 e. The molecule has 2 aromatic heterocycles. The Bertz CT molecular complexity index is 1460. The van der Waals surface area contributed by atoms with Gasteiger partial charge in [0.05, 0.1) is 13.4 Å². The van der Waals surface area contributed by atoms with Crippen LogP contribution < -0.4 is 20.2 Å². The number of nitrogens with two attached hydrogens (primary N) is 1. The van der Waals surface area contributed by atoms with Crippen LogP contribution in [0.5, 0.6) is 5.75 Å². The highest BCUT2D eigenvalue weighted by Crippen LogP contribution is 2.66. The summed E-state index contributed by atoms with van der Waals surface area (Å²) in [5.41, 5.74) is 1.73. The van der Waals surface area contributed by atoms with Crippen molar-refractivity contribution in [2.75, 3.05) is 31.8 Å². The molecular weight excluding hydrogens is 536 g/mol. The van der Waals surface area contributed by atoms with Crippen LogP contribution >= 0.6 is 7.75 Å². The van der Waals surface area contributed by atoms with Gasteiger partial charge in [-0.05, 0) is 26.0 Å². The Balaban J connectivity index is 1.43. The SMILES string of the molecule is COC(=O)[C@H](C)N[P@](=O)(Oc1ccccc1)OC1[C@H]2O[C@@H](n3cnc4c(N(C)C)nc(N)nc43)[C@](C)(F)[C@@]12O. The molecule has 4 N–H and O–H groups in total. The van der Waals surface area contributed by atoms with Gasteiger partial charge in [0.2, 0.25) is 5.95 Å². The molecule has 39 heavy (non-hydrogen) atoms. The van der Waals surface area contributed by atoms with Gasteiger partial charge in [-0.2, -0.15) is 15.1 Å². The summed E-state index contributed by atoms with van der Waals surface area (Å²) >= 11 is 0. The molecule has 0 spiro atoms. The molecule has 7 atom stereocenters. The number of ether oxygens (including phenoxy) is 2. The van der Waals surface area contributed by atoms with E-state index in [1.54, 1.807) is 37.2 Å². The van der Waals surface area contributed by atoms with Crippen LogP contribution in [0.1, 0.15) is 20.1 Å². The maximum absolute atomic E-state index is 16.4. The monoisotopic (exact) mass is 565 g/mol. The van der Waals surface area contributed by atoms with Crippen LogP contribution in [0.4, 0.5) is 16.2 Å². The number of carbonyl (C=O) groups is 1. The van der Waals surface area contributed by atoms with E-state index in [2.05, 4.69) is 24.8 Å². The number of nitrogens with one attached hydrogen (secondary N) is 1. The molecule has 1 saturated heterocycles. The van der Waals surface area contributed by atoms with Crippen LogP contribution in [0.3, 0.4) is 0 Å². The van der Waals surface area contributed by atoms with E-state index in [9.17, 15) is 14.5 Å². The van der Waals surface area contributed by atoms with Gasteiger partial charge in [0.15, 0.2) is 34.5 Å². The topological polar surface area (TPSA) is 176 Å². The normalized spacial score (nSPS) is 29.9. The van der Waals surface area contributed by atoms with Crippen molar-refractivity contribution in [1.82, 2.24) is 24.6 Å². The number of hydrogen-bond acceptors (Lipinski definition) is 12. The summed E-state index contributed by atoms with van der Waals surface area (Å²) in [7, 11) is 0.287. The van der Waals surface area contributed by atoms with Gasteiger partial charge in [-0.15, -0.1) is 0 Å². The van der Waals surface area contributed by atoms with E-state index in [1.165, 1.54) is 37.1 Å². The summed E-state index contributed by atoms with van der Waals surface area (Å²) in [6.07, 6.45) is -2.69. The van der Waals surface area contributed by atoms with Gasteiger partial charge >= 0.3 is 13.7 Å². The summed E-state index contributed by atoms with van der Waals surface area (Å²) in [5.74, 6) is -0.211. The lowest BCUT2D eigenvalue weighted by molar-refractivity contribution is -0.142. The molecular formula is C23H29FN7O7P. The molecule has 1 saturated carbocycles. The highest BCUT2D eigenvalue weighted by Gasteiger charge is 2.85. The zero-order chi connectivity index (χ0) is 28.3. The number of aromatic nitrogens is 4. The quantitative estimate of drug-likeness (QED) is 0.252. The average molecular weight is 565 g/mol. The van der Waals surface area contributed by atoms with Crippen molar-refractivity contribution in [3.63, 3.8) is 0 Å². The maximum Gasteiger partial charge on any atom is 0.459 e. The molecule has 1 unspecified atom stereocenters. The second-order valence-corrected chi connectivity index (χ2v) is 11.4. The van der Waals surface area contributed by atoms with Gasteiger partial charge in [0, 0.05) is 14.1 Å². The van der Waals surface area contributed by atoms with Gasteiger partial charge in [0.25, 0.3) is 0 Å². The Kier molecular flexibility index (Phi) is 6.55. The van der Waals surface area contributed by atoms with Crippen molar-refractivity contribution >= 4 is 36.6 Å². The first-order chi connectivity index (χ1) is 18.3. The second-order valence-electron chi connectivity index (χ2n) is 9.74. The molecule has 3 heterocycles. The average Bonchev–Trinajstić information content (AvgIpc) is 3.14. The molecule has 16 heteroatoms. The zero-order valence-corrected chi connectivity index (χ0v) is 22.7. The molecule has 0 radical (unpaired) electrons. The summed E-state index contributed by atoms with van der Waals surface area (Å²) < 4.78 is 53.3. The van der Waals surface area contributed by atoms with Crippen molar-refractivity contribution in [1.29, 1.82) is 0 Å². The largest absolute Gasteiger partial charge is 0.468 e. The molecule has 5 rings (SSSR count). The number of aliphatic hydroxyl groups is 1. The van der Waals surface area contributed by atoms with Crippen molar-refractivity contribution in [2.24, 2.45) is 0 Å². The number of nitrogen functional groups attached to an aromatic ring is 1. The lowest BCUT2D eigenvalue weighted by atomic mass is 9.97. The van der Waals surface area contributed by atoms with Crippen LogP contribution in [0.25, 0.3) is 11.2 Å². The molecule has 2 fully saturated rings.